The molecule has 8 nitrogen and oxygen atoms in total. The molecular weight excluding hydrogens is 448 g/mol. The quantitative estimate of drug-likeness (QED) is 0.501. The monoisotopic (exact) mass is 478 g/mol. The fraction of sp³-hybridized carbons (Fsp3) is 0.360. The average molecular weight is 479 g/mol. The third kappa shape index (κ3) is 6.03. The lowest BCUT2D eigenvalue weighted by Crippen LogP contribution is -2.48. The normalized spacial score (nSPS) is 14.2. The average Bonchev–Trinajstić information content (AvgIpc) is 3.24. The molecule has 1 N–H and O–H groups in total. The highest BCUT2D eigenvalue weighted by molar-refractivity contribution is 7.99. The van der Waals surface area contributed by atoms with Gasteiger partial charge in [-0.3, -0.25) is 14.5 Å². The Balaban J connectivity index is 1.27. The maximum Gasteiger partial charge on any atom is 0.233 e. The fourth-order valence-corrected chi connectivity index (χ4v) is 4.67. The summed E-state index contributed by atoms with van der Waals surface area (Å²) in [6, 6.07) is 18.0. The van der Waals surface area contributed by atoms with E-state index in [0.29, 0.717) is 17.3 Å². The van der Waals surface area contributed by atoms with Crippen LogP contribution >= 0.6 is 11.8 Å². The zero-order chi connectivity index (χ0) is 23.9. The Hall–Kier alpha value is -3.17. The van der Waals surface area contributed by atoms with Crippen molar-refractivity contribution in [2.45, 2.75) is 25.0 Å². The van der Waals surface area contributed by atoms with Crippen LogP contribution in [0.3, 0.4) is 0 Å². The molecule has 3 aromatic rings. The first-order chi connectivity index (χ1) is 16.5. The molecule has 0 unspecified atom stereocenters. The van der Waals surface area contributed by atoms with Gasteiger partial charge in [-0.15, -0.1) is 10.2 Å². The molecule has 2 heterocycles. The van der Waals surface area contributed by atoms with Crippen molar-refractivity contribution in [3.05, 3.63) is 60.2 Å². The Morgan fingerprint density at radius 1 is 0.971 bits per heavy atom. The van der Waals surface area contributed by atoms with Gasteiger partial charge < -0.3 is 14.8 Å². The van der Waals surface area contributed by atoms with Crippen LogP contribution in [0.2, 0.25) is 0 Å². The Bertz CT molecular complexity index is 1110. The third-order valence-electron chi connectivity index (χ3n) is 5.88. The van der Waals surface area contributed by atoms with E-state index in [9.17, 15) is 9.59 Å². The van der Waals surface area contributed by atoms with E-state index < -0.39 is 0 Å². The summed E-state index contributed by atoms with van der Waals surface area (Å²) in [4.78, 5) is 28.6. The molecule has 1 aliphatic rings. The van der Waals surface area contributed by atoms with E-state index in [1.807, 2.05) is 53.8 Å². The molecule has 1 aromatic heterocycles. The summed E-state index contributed by atoms with van der Waals surface area (Å²) in [5.74, 6) is 1.17. The highest BCUT2D eigenvalue weighted by Gasteiger charge is 2.22. The van der Waals surface area contributed by atoms with E-state index in [1.165, 1.54) is 17.3 Å². The third-order valence-corrected chi connectivity index (χ3v) is 6.89. The van der Waals surface area contributed by atoms with Gasteiger partial charge in [0.1, 0.15) is 0 Å². The lowest BCUT2D eigenvalue weighted by atomic mass is 10.2. The molecule has 0 spiro atoms. The molecule has 0 saturated carbocycles. The van der Waals surface area contributed by atoms with Gasteiger partial charge in [0.15, 0.2) is 11.0 Å². The van der Waals surface area contributed by atoms with Crippen LogP contribution < -0.4 is 5.32 Å². The van der Waals surface area contributed by atoms with Crippen LogP contribution in [0, 0.1) is 0 Å². The van der Waals surface area contributed by atoms with E-state index in [-0.39, 0.29) is 11.8 Å². The lowest BCUT2D eigenvalue weighted by molar-refractivity contribution is -0.130. The van der Waals surface area contributed by atoms with Crippen molar-refractivity contribution in [2.75, 3.05) is 37.2 Å². The number of anilines is 1. The first kappa shape index (κ1) is 24.0. The number of piperazine rings is 1. The SMILES string of the molecule is CCC(=O)Nc1ccc(-c2nnc(SCC(=O)N3CCN(Cc4ccccc4)CC3)n2C)cc1. The highest BCUT2D eigenvalue weighted by atomic mass is 32.2. The van der Waals surface area contributed by atoms with Gasteiger partial charge in [0, 0.05) is 57.4 Å². The number of thioether (sulfide) groups is 1. The van der Waals surface area contributed by atoms with Crippen LogP contribution in [0.25, 0.3) is 11.4 Å². The molecule has 1 aliphatic heterocycles. The van der Waals surface area contributed by atoms with Crippen LogP contribution in [0.4, 0.5) is 5.69 Å². The number of nitrogens with zero attached hydrogens (tertiary/aromatic N) is 5. The van der Waals surface area contributed by atoms with Crippen molar-refractivity contribution in [1.29, 1.82) is 0 Å². The second kappa shape index (κ2) is 11.3. The molecule has 0 bridgehead atoms. The summed E-state index contributed by atoms with van der Waals surface area (Å²) >= 11 is 1.41. The minimum Gasteiger partial charge on any atom is -0.339 e. The zero-order valence-corrected chi connectivity index (χ0v) is 20.4. The lowest BCUT2D eigenvalue weighted by Gasteiger charge is -2.34. The number of nitrogens with one attached hydrogen (secondary N) is 1. The minimum atomic E-state index is -0.0210. The van der Waals surface area contributed by atoms with Gasteiger partial charge in [-0.05, 0) is 29.8 Å². The molecule has 2 amide bonds. The Morgan fingerprint density at radius 2 is 1.68 bits per heavy atom. The first-order valence-electron chi connectivity index (χ1n) is 11.5. The van der Waals surface area contributed by atoms with Gasteiger partial charge in [-0.2, -0.15) is 0 Å². The van der Waals surface area contributed by atoms with Gasteiger partial charge >= 0.3 is 0 Å². The molecule has 34 heavy (non-hydrogen) atoms. The molecule has 1 saturated heterocycles. The number of amides is 2. The van der Waals surface area contributed by atoms with Crippen molar-refractivity contribution < 1.29 is 9.59 Å². The van der Waals surface area contributed by atoms with Crippen LogP contribution in [0.5, 0.6) is 0 Å². The number of rotatable bonds is 8. The minimum absolute atomic E-state index is 0.0210. The maximum atomic E-state index is 12.8. The molecule has 4 rings (SSSR count). The number of benzene rings is 2. The molecule has 178 valence electrons. The van der Waals surface area contributed by atoms with Crippen molar-refractivity contribution >= 4 is 29.3 Å². The summed E-state index contributed by atoms with van der Waals surface area (Å²) in [6.07, 6.45) is 0.438. The summed E-state index contributed by atoms with van der Waals surface area (Å²) in [5, 5.41) is 12.1. The molecule has 2 aromatic carbocycles. The van der Waals surface area contributed by atoms with E-state index in [1.54, 1.807) is 0 Å². The second-order valence-electron chi connectivity index (χ2n) is 8.28. The molecule has 0 aliphatic carbocycles. The smallest absolute Gasteiger partial charge is 0.233 e. The van der Waals surface area contributed by atoms with E-state index in [0.717, 1.165) is 49.8 Å². The molecule has 9 heteroatoms. The van der Waals surface area contributed by atoms with Gasteiger partial charge in [-0.1, -0.05) is 49.0 Å². The summed E-state index contributed by atoms with van der Waals surface area (Å²) in [7, 11) is 1.90. The van der Waals surface area contributed by atoms with Gasteiger partial charge in [0.05, 0.1) is 5.75 Å². The fourth-order valence-electron chi connectivity index (χ4n) is 3.86. The zero-order valence-electron chi connectivity index (χ0n) is 19.6. The van der Waals surface area contributed by atoms with Crippen molar-refractivity contribution in [3.63, 3.8) is 0 Å². The van der Waals surface area contributed by atoms with Gasteiger partial charge in [0.25, 0.3) is 0 Å². The topological polar surface area (TPSA) is 83.4 Å². The highest BCUT2D eigenvalue weighted by Crippen LogP contribution is 2.24. The van der Waals surface area contributed by atoms with Gasteiger partial charge in [-0.25, -0.2) is 0 Å². The van der Waals surface area contributed by atoms with Crippen molar-refractivity contribution in [3.8, 4) is 11.4 Å². The molecule has 0 atom stereocenters. The second-order valence-corrected chi connectivity index (χ2v) is 9.22. The summed E-state index contributed by atoms with van der Waals surface area (Å²) in [5.41, 5.74) is 2.95. The predicted molar refractivity (Wildman–Crippen MR) is 134 cm³/mol. The van der Waals surface area contributed by atoms with E-state index >= 15 is 0 Å². The number of hydrogen-bond acceptors (Lipinski definition) is 6. The van der Waals surface area contributed by atoms with E-state index in [4.69, 9.17) is 0 Å². The van der Waals surface area contributed by atoms with Gasteiger partial charge in [0.2, 0.25) is 11.8 Å². The summed E-state index contributed by atoms with van der Waals surface area (Å²) < 4.78 is 1.90. The standard InChI is InChI=1S/C25H30N6O2S/c1-3-22(32)26-21-11-9-20(10-12-21)24-27-28-25(29(24)2)34-18-23(33)31-15-13-30(14-16-31)17-19-7-5-4-6-8-19/h4-12H,3,13-18H2,1-2H3,(H,26,32). The number of hydrogen-bond donors (Lipinski definition) is 1. The van der Waals surface area contributed by atoms with Crippen LogP contribution in [0.1, 0.15) is 18.9 Å². The van der Waals surface area contributed by atoms with Crippen molar-refractivity contribution in [1.82, 2.24) is 24.6 Å². The molecule has 1 fully saturated rings. The summed E-state index contributed by atoms with van der Waals surface area (Å²) in [6.45, 7) is 6.00. The van der Waals surface area contributed by atoms with Crippen LogP contribution in [-0.4, -0.2) is 68.3 Å². The first-order valence-corrected chi connectivity index (χ1v) is 12.5. The Morgan fingerprint density at radius 3 is 2.35 bits per heavy atom. The Labute approximate surface area is 204 Å². The number of carbonyl (C=O) groups excluding carboxylic acids is 2. The molecular formula is C25H30N6O2S. The van der Waals surface area contributed by atoms with Crippen LogP contribution in [-0.2, 0) is 23.2 Å². The number of carbonyl (C=O) groups is 2. The predicted octanol–water partition coefficient (Wildman–Crippen LogP) is 3.27. The molecule has 0 radical (unpaired) electrons. The maximum absolute atomic E-state index is 12.8. The number of aromatic nitrogens is 3. The van der Waals surface area contributed by atoms with E-state index in [2.05, 4.69) is 44.7 Å². The van der Waals surface area contributed by atoms with Crippen molar-refractivity contribution in [2.24, 2.45) is 7.05 Å². The largest absolute Gasteiger partial charge is 0.339 e. The van der Waals surface area contributed by atoms with Crippen LogP contribution in [0.15, 0.2) is 59.8 Å². The Kier molecular flexibility index (Phi) is 7.97.